The summed E-state index contributed by atoms with van der Waals surface area (Å²) >= 11 is 0. The van der Waals surface area contributed by atoms with E-state index in [1.807, 2.05) is 18.7 Å². The largest absolute Gasteiger partial charge is 0.480 e. The molecule has 1 unspecified atom stereocenters. The van der Waals surface area contributed by atoms with Crippen LogP contribution in [-0.4, -0.2) is 41.0 Å². The lowest BCUT2D eigenvalue weighted by molar-refractivity contribution is -0.145. The van der Waals surface area contributed by atoms with E-state index in [1.54, 1.807) is 0 Å². The van der Waals surface area contributed by atoms with Gasteiger partial charge in [-0.2, -0.15) is 0 Å². The Bertz CT molecular complexity index is 270. The molecule has 92 valence electrons. The number of piperidine rings is 1. The highest BCUT2D eigenvalue weighted by Gasteiger charge is 2.32. The number of rotatable bonds is 4. The van der Waals surface area contributed by atoms with Crippen LogP contribution in [0, 0.1) is 11.8 Å². The second-order valence-electron chi connectivity index (χ2n) is 4.74. The number of carboxylic acids is 1. The number of carbonyl (C=O) groups excluding carboxylic acids is 1. The minimum Gasteiger partial charge on any atom is -0.480 e. The average Bonchev–Trinajstić information content (AvgIpc) is 2.17. The fourth-order valence-corrected chi connectivity index (χ4v) is 2.33. The van der Waals surface area contributed by atoms with Gasteiger partial charge in [-0.25, -0.2) is 0 Å². The maximum absolute atomic E-state index is 11.1. The summed E-state index contributed by atoms with van der Waals surface area (Å²) in [5.41, 5.74) is 5.23. The molecule has 0 radical (unpaired) electrons. The zero-order chi connectivity index (χ0) is 12.3. The number of aliphatic carboxylic acids is 1. The van der Waals surface area contributed by atoms with E-state index < -0.39 is 12.0 Å². The standard InChI is InChI=1S/C11H20N2O3/c1-7(2)9(11(15)16)13-5-3-8(4-6-13)10(12)14/h7-9H,3-6H2,1-2H3,(H2,12,14)(H,15,16). The van der Waals surface area contributed by atoms with Gasteiger partial charge < -0.3 is 10.8 Å². The summed E-state index contributed by atoms with van der Waals surface area (Å²) in [5, 5.41) is 9.14. The van der Waals surface area contributed by atoms with E-state index in [0.717, 1.165) is 0 Å². The van der Waals surface area contributed by atoms with Crippen LogP contribution in [0.3, 0.4) is 0 Å². The SMILES string of the molecule is CC(C)C(C(=O)O)N1CCC(C(N)=O)CC1. The predicted molar refractivity (Wildman–Crippen MR) is 59.8 cm³/mol. The molecule has 1 aliphatic rings. The van der Waals surface area contributed by atoms with Crippen molar-refractivity contribution in [3.8, 4) is 0 Å². The van der Waals surface area contributed by atoms with Gasteiger partial charge >= 0.3 is 5.97 Å². The van der Waals surface area contributed by atoms with Crippen molar-refractivity contribution in [3.63, 3.8) is 0 Å². The maximum Gasteiger partial charge on any atom is 0.321 e. The summed E-state index contributed by atoms with van der Waals surface area (Å²) in [7, 11) is 0. The zero-order valence-corrected chi connectivity index (χ0v) is 9.85. The predicted octanol–water partition coefficient (Wildman–Crippen LogP) is 0.293. The molecule has 1 rings (SSSR count). The van der Waals surface area contributed by atoms with Crippen LogP contribution in [0.2, 0.25) is 0 Å². The number of nitrogens with zero attached hydrogens (tertiary/aromatic N) is 1. The number of hydrogen-bond acceptors (Lipinski definition) is 3. The van der Waals surface area contributed by atoms with Crippen LogP contribution in [-0.2, 0) is 9.59 Å². The van der Waals surface area contributed by atoms with Crippen LogP contribution >= 0.6 is 0 Å². The molecule has 16 heavy (non-hydrogen) atoms. The average molecular weight is 228 g/mol. The van der Waals surface area contributed by atoms with Crippen LogP contribution in [0.1, 0.15) is 26.7 Å². The second kappa shape index (κ2) is 5.30. The molecule has 1 amide bonds. The van der Waals surface area contributed by atoms with Gasteiger partial charge in [-0.05, 0) is 31.8 Å². The molecule has 0 aromatic rings. The minimum absolute atomic E-state index is 0.0719. The normalized spacial score (nSPS) is 20.9. The summed E-state index contributed by atoms with van der Waals surface area (Å²) in [4.78, 5) is 24.0. The molecule has 0 saturated carbocycles. The third-order valence-corrected chi connectivity index (χ3v) is 3.21. The number of nitrogens with two attached hydrogens (primary N) is 1. The number of primary amides is 1. The van der Waals surface area contributed by atoms with E-state index in [4.69, 9.17) is 10.8 Å². The highest BCUT2D eigenvalue weighted by Crippen LogP contribution is 2.21. The van der Waals surface area contributed by atoms with Crippen LogP contribution in [0.25, 0.3) is 0 Å². The fraction of sp³-hybridized carbons (Fsp3) is 0.818. The van der Waals surface area contributed by atoms with Crippen LogP contribution in [0.15, 0.2) is 0 Å². The van der Waals surface area contributed by atoms with E-state index >= 15 is 0 Å². The lowest BCUT2D eigenvalue weighted by atomic mass is 9.93. The first-order valence-corrected chi connectivity index (χ1v) is 5.69. The van der Waals surface area contributed by atoms with Crippen molar-refractivity contribution >= 4 is 11.9 Å². The molecule has 0 spiro atoms. The van der Waals surface area contributed by atoms with Gasteiger partial charge in [-0.1, -0.05) is 13.8 Å². The van der Waals surface area contributed by atoms with E-state index in [0.29, 0.717) is 25.9 Å². The zero-order valence-electron chi connectivity index (χ0n) is 9.85. The maximum atomic E-state index is 11.1. The first kappa shape index (κ1) is 13.0. The molecule has 1 fully saturated rings. The summed E-state index contributed by atoms with van der Waals surface area (Å²) in [6.07, 6.45) is 1.34. The molecular weight excluding hydrogens is 208 g/mol. The molecule has 0 aliphatic carbocycles. The minimum atomic E-state index is -0.785. The van der Waals surface area contributed by atoms with Crippen molar-refractivity contribution in [2.24, 2.45) is 17.6 Å². The fourth-order valence-electron chi connectivity index (χ4n) is 2.33. The molecular formula is C11H20N2O3. The molecule has 1 aliphatic heterocycles. The Morgan fingerprint density at radius 1 is 1.31 bits per heavy atom. The van der Waals surface area contributed by atoms with Gasteiger partial charge in [-0.15, -0.1) is 0 Å². The Morgan fingerprint density at radius 3 is 2.12 bits per heavy atom. The van der Waals surface area contributed by atoms with Gasteiger partial charge in [0.25, 0.3) is 0 Å². The molecule has 0 aromatic carbocycles. The Hall–Kier alpha value is -1.10. The molecule has 5 heteroatoms. The topological polar surface area (TPSA) is 83.6 Å². The Kier molecular flexibility index (Phi) is 4.29. The van der Waals surface area contributed by atoms with Gasteiger partial charge in [0.15, 0.2) is 0 Å². The van der Waals surface area contributed by atoms with Crippen molar-refractivity contribution in [2.45, 2.75) is 32.7 Å². The van der Waals surface area contributed by atoms with Crippen molar-refractivity contribution in [2.75, 3.05) is 13.1 Å². The number of carbonyl (C=O) groups is 2. The van der Waals surface area contributed by atoms with Crippen molar-refractivity contribution < 1.29 is 14.7 Å². The van der Waals surface area contributed by atoms with Gasteiger partial charge in [0, 0.05) is 5.92 Å². The Morgan fingerprint density at radius 2 is 1.81 bits per heavy atom. The van der Waals surface area contributed by atoms with Crippen molar-refractivity contribution in [1.82, 2.24) is 4.90 Å². The van der Waals surface area contributed by atoms with E-state index in [9.17, 15) is 9.59 Å². The molecule has 1 heterocycles. The van der Waals surface area contributed by atoms with Gasteiger partial charge in [0.1, 0.15) is 6.04 Å². The van der Waals surface area contributed by atoms with E-state index in [-0.39, 0.29) is 17.7 Å². The summed E-state index contributed by atoms with van der Waals surface area (Å²) in [6, 6.07) is -0.450. The van der Waals surface area contributed by atoms with Gasteiger partial charge in [-0.3, -0.25) is 14.5 Å². The van der Waals surface area contributed by atoms with Gasteiger partial charge in [0.2, 0.25) is 5.91 Å². The first-order valence-electron chi connectivity index (χ1n) is 5.69. The molecule has 1 saturated heterocycles. The highest BCUT2D eigenvalue weighted by molar-refractivity contribution is 5.77. The lowest BCUT2D eigenvalue weighted by Crippen LogP contribution is -2.49. The highest BCUT2D eigenvalue weighted by atomic mass is 16.4. The van der Waals surface area contributed by atoms with Crippen LogP contribution in [0.4, 0.5) is 0 Å². The first-order chi connectivity index (χ1) is 7.43. The second-order valence-corrected chi connectivity index (χ2v) is 4.74. The van der Waals surface area contributed by atoms with E-state index in [1.165, 1.54) is 0 Å². The summed E-state index contributed by atoms with van der Waals surface area (Å²) < 4.78 is 0. The molecule has 3 N–H and O–H groups in total. The molecule has 5 nitrogen and oxygen atoms in total. The van der Waals surface area contributed by atoms with Crippen molar-refractivity contribution in [3.05, 3.63) is 0 Å². The number of carboxylic acid groups (broad SMARTS) is 1. The van der Waals surface area contributed by atoms with Crippen LogP contribution in [0.5, 0.6) is 0 Å². The molecule has 0 aromatic heterocycles. The lowest BCUT2D eigenvalue weighted by Gasteiger charge is -2.36. The quantitative estimate of drug-likeness (QED) is 0.724. The summed E-state index contributed by atoms with van der Waals surface area (Å²) in [5.74, 6) is -1.07. The third kappa shape index (κ3) is 2.95. The van der Waals surface area contributed by atoms with E-state index in [2.05, 4.69) is 0 Å². The van der Waals surface area contributed by atoms with Crippen LogP contribution < -0.4 is 5.73 Å². The number of amides is 1. The smallest absolute Gasteiger partial charge is 0.321 e. The number of hydrogen-bond donors (Lipinski definition) is 2. The Labute approximate surface area is 95.6 Å². The third-order valence-electron chi connectivity index (χ3n) is 3.21. The summed E-state index contributed by atoms with van der Waals surface area (Å²) in [6.45, 7) is 5.09. The monoisotopic (exact) mass is 228 g/mol. The molecule has 0 bridgehead atoms. The Balaban J connectivity index is 2.57. The molecule has 1 atom stereocenters. The van der Waals surface area contributed by atoms with Gasteiger partial charge in [0.05, 0.1) is 0 Å². The number of likely N-dealkylation sites (tertiary alicyclic amines) is 1. The van der Waals surface area contributed by atoms with Crippen molar-refractivity contribution in [1.29, 1.82) is 0 Å².